The number of phenols is 1. The molecule has 4 rings (SSSR count). The Hall–Kier alpha value is -3.28. The standard InChI is InChI=1S/C20H20N4O2/c21-11-15(12-22)13-1-4-16(5-2-13)24-8-7-20(19(24)26)10-14-3-6-17(25)9-18(14)23-20/h1-6,9,11-12,21,23,25H,7-8,10,22H2/b15-12+,21-11?. The molecular weight excluding hydrogens is 328 g/mol. The molecule has 2 aromatic rings. The molecule has 6 heteroatoms. The summed E-state index contributed by atoms with van der Waals surface area (Å²) >= 11 is 0. The molecule has 2 aliphatic rings. The lowest BCUT2D eigenvalue weighted by Gasteiger charge is -2.24. The summed E-state index contributed by atoms with van der Waals surface area (Å²) in [6.45, 7) is 0.634. The fraction of sp³-hybridized carbons (Fsp3) is 0.200. The molecule has 1 unspecified atom stereocenters. The average Bonchev–Trinajstić information content (AvgIpc) is 3.17. The van der Waals surface area contributed by atoms with Crippen LogP contribution in [0, 0.1) is 5.41 Å². The summed E-state index contributed by atoms with van der Waals surface area (Å²) in [6.07, 6.45) is 3.94. The van der Waals surface area contributed by atoms with Gasteiger partial charge in [-0.1, -0.05) is 18.2 Å². The number of nitrogens with zero attached hydrogens (tertiary/aromatic N) is 1. The number of nitrogens with one attached hydrogen (secondary N) is 2. The van der Waals surface area contributed by atoms with E-state index in [2.05, 4.69) is 5.32 Å². The second-order valence-corrected chi connectivity index (χ2v) is 6.75. The molecule has 1 spiro atoms. The molecule has 0 bridgehead atoms. The van der Waals surface area contributed by atoms with Crippen molar-refractivity contribution >= 4 is 29.1 Å². The molecule has 2 heterocycles. The van der Waals surface area contributed by atoms with E-state index in [4.69, 9.17) is 11.1 Å². The predicted octanol–water partition coefficient (Wildman–Crippen LogP) is 2.49. The van der Waals surface area contributed by atoms with Crippen LogP contribution in [-0.4, -0.2) is 29.3 Å². The van der Waals surface area contributed by atoms with E-state index in [9.17, 15) is 9.90 Å². The summed E-state index contributed by atoms with van der Waals surface area (Å²) in [5.74, 6) is 0.240. The van der Waals surface area contributed by atoms with Crippen molar-refractivity contribution in [2.45, 2.75) is 18.4 Å². The maximum Gasteiger partial charge on any atom is 0.253 e. The third-order valence-electron chi connectivity index (χ3n) is 5.22. The van der Waals surface area contributed by atoms with Crippen LogP contribution in [-0.2, 0) is 11.2 Å². The van der Waals surface area contributed by atoms with Crippen molar-refractivity contribution in [1.29, 1.82) is 5.41 Å². The molecule has 1 fully saturated rings. The van der Waals surface area contributed by atoms with Gasteiger partial charge in [-0.25, -0.2) is 0 Å². The number of carbonyl (C=O) groups excluding carboxylic acids is 1. The highest BCUT2D eigenvalue weighted by Gasteiger charge is 2.50. The first-order valence-corrected chi connectivity index (χ1v) is 8.51. The highest BCUT2D eigenvalue weighted by molar-refractivity contribution is 6.09. The van der Waals surface area contributed by atoms with Gasteiger partial charge in [-0.15, -0.1) is 0 Å². The number of fused-ring (bicyclic) bond motifs is 1. The normalized spacial score (nSPS) is 21.8. The highest BCUT2D eigenvalue weighted by atomic mass is 16.3. The van der Waals surface area contributed by atoms with Gasteiger partial charge in [-0.05, 0) is 35.7 Å². The summed E-state index contributed by atoms with van der Waals surface area (Å²) < 4.78 is 0. The van der Waals surface area contributed by atoms with E-state index in [0.29, 0.717) is 25.0 Å². The second-order valence-electron chi connectivity index (χ2n) is 6.75. The minimum Gasteiger partial charge on any atom is -0.508 e. The number of rotatable bonds is 3. The monoisotopic (exact) mass is 348 g/mol. The Labute approximate surface area is 151 Å². The Morgan fingerprint density at radius 2 is 2.04 bits per heavy atom. The number of phenolic OH excluding ortho intramolecular Hbond substituents is 1. The van der Waals surface area contributed by atoms with E-state index >= 15 is 0 Å². The quantitative estimate of drug-likeness (QED) is 0.640. The second kappa shape index (κ2) is 5.91. The third kappa shape index (κ3) is 2.42. The van der Waals surface area contributed by atoms with Crippen LogP contribution in [0.5, 0.6) is 5.75 Å². The van der Waals surface area contributed by atoms with Gasteiger partial charge in [0, 0.05) is 48.4 Å². The lowest BCUT2D eigenvalue weighted by molar-refractivity contribution is -0.120. The Balaban J connectivity index is 1.58. The van der Waals surface area contributed by atoms with Gasteiger partial charge in [-0.3, -0.25) is 4.79 Å². The number of amides is 1. The van der Waals surface area contributed by atoms with Crippen molar-refractivity contribution in [2.24, 2.45) is 5.73 Å². The molecule has 0 saturated carbocycles. The lowest BCUT2D eigenvalue weighted by atomic mass is 9.93. The Morgan fingerprint density at radius 1 is 1.27 bits per heavy atom. The highest BCUT2D eigenvalue weighted by Crippen LogP contribution is 2.41. The number of aromatic hydroxyl groups is 1. The van der Waals surface area contributed by atoms with E-state index in [1.807, 2.05) is 30.3 Å². The first-order valence-electron chi connectivity index (χ1n) is 8.51. The summed E-state index contributed by atoms with van der Waals surface area (Å²) in [5, 5.41) is 20.4. The topological polar surface area (TPSA) is 102 Å². The van der Waals surface area contributed by atoms with Crippen LogP contribution in [0.25, 0.3) is 5.57 Å². The summed E-state index contributed by atoms with van der Waals surface area (Å²) in [7, 11) is 0. The number of hydrogen-bond donors (Lipinski definition) is 4. The smallest absolute Gasteiger partial charge is 0.253 e. The number of carbonyl (C=O) groups is 1. The van der Waals surface area contributed by atoms with Crippen molar-refractivity contribution in [3.05, 3.63) is 59.8 Å². The molecular formula is C20H20N4O2. The van der Waals surface area contributed by atoms with E-state index < -0.39 is 5.54 Å². The van der Waals surface area contributed by atoms with E-state index in [0.717, 1.165) is 22.5 Å². The predicted molar refractivity (Wildman–Crippen MR) is 103 cm³/mol. The number of allylic oxidation sites excluding steroid dienone is 1. The molecule has 5 N–H and O–H groups in total. The molecule has 6 nitrogen and oxygen atoms in total. The van der Waals surface area contributed by atoms with Crippen LogP contribution >= 0.6 is 0 Å². The van der Waals surface area contributed by atoms with Crippen LogP contribution in [0.1, 0.15) is 17.5 Å². The minimum atomic E-state index is -0.633. The fourth-order valence-corrected chi connectivity index (χ4v) is 3.82. The number of hydrogen-bond acceptors (Lipinski definition) is 5. The summed E-state index contributed by atoms with van der Waals surface area (Å²) in [5.41, 5.74) is 9.08. The first kappa shape index (κ1) is 16.2. The lowest BCUT2D eigenvalue weighted by Crippen LogP contribution is -2.45. The van der Waals surface area contributed by atoms with Crippen LogP contribution < -0.4 is 16.0 Å². The first-order chi connectivity index (χ1) is 12.6. The maximum atomic E-state index is 13.1. The molecule has 0 aromatic heterocycles. The molecule has 1 saturated heterocycles. The Kier molecular flexibility index (Phi) is 3.68. The van der Waals surface area contributed by atoms with Crippen LogP contribution in [0.15, 0.2) is 48.7 Å². The fourth-order valence-electron chi connectivity index (χ4n) is 3.82. The van der Waals surface area contributed by atoms with Gasteiger partial charge in [0.1, 0.15) is 11.3 Å². The largest absolute Gasteiger partial charge is 0.508 e. The zero-order valence-corrected chi connectivity index (χ0v) is 14.2. The van der Waals surface area contributed by atoms with Crippen LogP contribution in [0.3, 0.4) is 0 Å². The van der Waals surface area contributed by atoms with E-state index in [1.165, 1.54) is 12.4 Å². The zero-order valence-electron chi connectivity index (χ0n) is 14.2. The van der Waals surface area contributed by atoms with Gasteiger partial charge in [0.05, 0.1) is 0 Å². The molecule has 1 atom stereocenters. The molecule has 2 aliphatic heterocycles. The molecule has 0 radical (unpaired) electrons. The van der Waals surface area contributed by atoms with Gasteiger partial charge in [-0.2, -0.15) is 0 Å². The van der Waals surface area contributed by atoms with Crippen LogP contribution in [0.4, 0.5) is 11.4 Å². The average molecular weight is 348 g/mol. The van der Waals surface area contributed by atoms with Crippen molar-refractivity contribution < 1.29 is 9.90 Å². The van der Waals surface area contributed by atoms with Crippen molar-refractivity contribution in [1.82, 2.24) is 0 Å². The zero-order chi connectivity index (χ0) is 18.3. The summed E-state index contributed by atoms with van der Waals surface area (Å²) in [4.78, 5) is 14.9. The molecule has 132 valence electrons. The van der Waals surface area contributed by atoms with Crippen LogP contribution in [0.2, 0.25) is 0 Å². The van der Waals surface area contributed by atoms with Gasteiger partial charge >= 0.3 is 0 Å². The third-order valence-corrected chi connectivity index (χ3v) is 5.22. The van der Waals surface area contributed by atoms with Gasteiger partial charge in [0.25, 0.3) is 5.91 Å². The number of nitrogens with two attached hydrogens (primary N) is 1. The van der Waals surface area contributed by atoms with Gasteiger partial charge in [0.15, 0.2) is 0 Å². The maximum absolute atomic E-state index is 13.1. The minimum absolute atomic E-state index is 0.0441. The van der Waals surface area contributed by atoms with Crippen molar-refractivity contribution in [3.63, 3.8) is 0 Å². The Bertz CT molecular complexity index is 920. The van der Waals surface area contributed by atoms with Gasteiger partial charge < -0.3 is 26.5 Å². The molecule has 1 amide bonds. The van der Waals surface area contributed by atoms with Crippen molar-refractivity contribution in [3.8, 4) is 5.75 Å². The number of anilines is 2. The molecule has 26 heavy (non-hydrogen) atoms. The van der Waals surface area contributed by atoms with Crippen molar-refractivity contribution in [2.75, 3.05) is 16.8 Å². The van der Waals surface area contributed by atoms with Gasteiger partial charge in [0.2, 0.25) is 0 Å². The Morgan fingerprint density at radius 3 is 2.73 bits per heavy atom. The van der Waals surface area contributed by atoms with E-state index in [1.54, 1.807) is 17.0 Å². The molecule has 2 aromatic carbocycles. The summed E-state index contributed by atoms with van der Waals surface area (Å²) in [6, 6.07) is 12.7. The molecule has 0 aliphatic carbocycles. The SMILES string of the molecule is N=C/C(=C\N)c1ccc(N2CCC3(Cc4ccc(O)cc4N3)C2=O)cc1. The number of benzene rings is 2. The van der Waals surface area contributed by atoms with E-state index in [-0.39, 0.29) is 11.7 Å².